The summed E-state index contributed by atoms with van der Waals surface area (Å²) in [6.07, 6.45) is 5.71. The van der Waals surface area contributed by atoms with Gasteiger partial charge in [0.1, 0.15) is 0 Å². The molecule has 2 nitrogen and oxygen atoms in total. The van der Waals surface area contributed by atoms with Gasteiger partial charge >= 0.3 is 0 Å². The van der Waals surface area contributed by atoms with Gasteiger partial charge in [0, 0.05) is 31.2 Å². The lowest BCUT2D eigenvalue weighted by Gasteiger charge is -2.54. The summed E-state index contributed by atoms with van der Waals surface area (Å²) in [5.41, 5.74) is 1.07. The highest BCUT2D eigenvalue weighted by molar-refractivity contribution is 5.14. The van der Waals surface area contributed by atoms with E-state index in [0.29, 0.717) is 22.9 Å². The largest absolute Gasteiger partial charge is 0.311 e. The lowest BCUT2D eigenvalue weighted by molar-refractivity contribution is -0.0373. The van der Waals surface area contributed by atoms with E-state index in [1.807, 2.05) is 0 Å². The maximum Gasteiger partial charge on any atom is 0.0207 e. The predicted octanol–water partition coefficient (Wildman–Crippen LogP) is 3.91. The molecular formula is C19H36N2. The second-order valence-corrected chi connectivity index (χ2v) is 9.60. The number of fused-ring (bicyclic) bond motifs is 2. The molecule has 2 aliphatic carbocycles. The predicted molar refractivity (Wildman–Crippen MR) is 90.4 cm³/mol. The first kappa shape index (κ1) is 15.8. The van der Waals surface area contributed by atoms with Gasteiger partial charge < -0.3 is 5.32 Å². The molecule has 0 aromatic rings. The van der Waals surface area contributed by atoms with Gasteiger partial charge in [-0.1, -0.05) is 34.6 Å². The molecule has 5 unspecified atom stereocenters. The monoisotopic (exact) mass is 292 g/mol. The van der Waals surface area contributed by atoms with Crippen molar-refractivity contribution in [2.24, 2.45) is 22.7 Å². The normalized spacial score (nSPS) is 46.4. The van der Waals surface area contributed by atoms with Crippen LogP contribution in [-0.4, -0.2) is 36.1 Å². The van der Waals surface area contributed by atoms with Crippen molar-refractivity contribution in [3.05, 3.63) is 0 Å². The molecule has 0 amide bonds. The first-order chi connectivity index (χ1) is 9.74. The number of hydrogen-bond donors (Lipinski definition) is 1. The number of nitrogens with one attached hydrogen (secondary N) is 1. The summed E-state index contributed by atoms with van der Waals surface area (Å²) in [6.45, 7) is 17.3. The van der Waals surface area contributed by atoms with Crippen molar-refractivity contribution in [2.75, 3.05) is 13.1 Å². The van der Waals surface area contributed by atoms with E-state index in [4.69, 9.17) is 0 Å². The van der Waals surface area contributed by atoms with Crippen molar-refractivity contribution < 1.29 is 0 Å². The molecule has 0 aromatic heterocycles. The van der Waals surface area contributed by atoms with E-state index in [0.717, 1.165) is 17.9 Å². The maximum absolute atomic E-state index is 3.80. The number of rotatable bonds is 3. The standard InChI is InChI=1S/C19H36N2/c1-13(2)9-16-12-21(14(3)11-20-16)17-18(4,5)15-7-8-19(17,6)10-15/h13-17,20H,7-12H2,1-6H3. The Kier molecular flexibility index (Phi) is 3.94. The molecule has 1 aliphatic heterocycles. The van der Waals surface area contributed by atoms with Gasteiger partial charge in [0.25, 0.3) is 0 Å². The van der Waals surface area contributed by atoms with Crippen LogP contribution >= 0.6 is 0 Å². The van der Waals surface area contributed by atoms with Crippen LogP contribution in [0.3, 0.4) is 0 Å². The van der Waals surface area contributed by atoms with Crippen LogP contribution in [-0.2, 0) is 0 Å². The molecule has 3 fully saturated rings. The Morgan fingerprint density at radius 2 is 1.95 bits per heavy atom. The third kappa shape index (κ3) is 2.57. The molecular weight excluding hydrogens is 256 g/mol. The van der Waals surface area contributed by atoms with Crippen molar-refractivity contribution in [1.29, 1.82) is 0 Å². The average molecular weight is 293 g/mol. The number of hydrogen-bond acceptors (Lipinski definition) is 2. The summed E-state index contributed by atoms with van der Waals surface area (Å²) in [4.78, 5) is 2.91. The molecule has 3 rings (SSSR count). The van der Waals surface area contributed by atoms with Gasteiger partial charge in [0.15, 0.2) is 0 Å². The molecule has 1 saturated heterocycles. The number of piperazine rings is 1. The average Bonchev–Trinajstić information content (AvgIpc) is 2.83. The van der Waals surface area contributed by atoms with Crippen LogP contribution in [0.4, 0.5) is 0 Å². The Bertz CT molecular complexity index is 384. The smallest absolute Gasteiger partial charge is 0.0207 e. The van der Waals surface area contributed by atoms with Crippen molar-refractivity contribution >= 4 is 0 Å². The van der Waals surface area contributed by atoms with Gasteiger partial charge in [-0.3, -0.25) is 4.90 Å². The zero-order chi connectivity index (χ0) is 15.4. The second kappa shape index (κ2) is 5.23. The van der Waals surface area contributed by atoms with Crippen LogP contribution in [0, 0.1) is 22.7 Å². The minimum atomic E-state index is 0.501. The van der Waals surface area contributed by atoms with E-state index >= 15 is 0 Å². The Labute approximate surface area is 132 Å². The summed E-state index contributed by atoms with van der Waals surface area (Å²) in [6, 6.07) is 2.17. The van der Waals surface area contributed by atoms with Crippen molar-refractivity contribution in [3.63, 3.8) is 0 Å². The van der Waals surface area contributed by atoms with Crippen LogP contribution in [0.5, 0.6) is 0 Å². The maximum atomic E-state index is 3.80. The first-order valence-corrected chi connectivity index (χ1v) is 9.23. The molecule has 0 spiro atoms. The Hall–Kier alpha value is -0.0800. The van der Waals surface area contributed by atoms with Crippen LogP contribution < -0.4 is 5.32 Å². The van der Waals surface area contributed by atoms with Crippen molar-refractivity contribution in [3.8, 4) is 0 Å². The highest BCUT2D eigenvalue weighted by atomic mass is 15.3. The van der Waals surface area contributed by atoms with E-state index < -0.39 is 0 Å². The van der Waals surface area contributed by atoms with Crippen LogP contribution in [0.1, 0.15) is 67.2 Å². The summed E-state index contributed by atoms with van der Waals surface area (Å²) in [5.74, 6) is 1.75. The second-order valence-electron chi connectivity index (χ2n) is 9.60. The van der Waals surface area contributed by atoms with E-state index in [9.17, 15) is 0 Å². The van der Waals surface area contributed by atoms with Crippen molar-refractivity contribution in [2.45, 2.75) is 85.4 Å². The van der Waals surface area contributed by atoms with Crippen molar-refractivity contribution in [1.82, 2.24) is 10.2 Å². The van der Waals surface area contributed by atoms with Crippen LogP contribution in [0.15, 0.2) is 0 Å². The summed E-state index contributed by atoms with van der Waals surface area (Å²) in [7, 11) is 0. The van der Waals surface area contributed by atoms with Crippen LogP contribution in [0.25, 0.3) is 0 Å². The molecule has 2 saturated carbocycles. The summed E-state index contributed by atoms with van der Waals surface area (Å²) in [5, 5.41) is 3.80. The highest BCUT2D eigenvalue weighted by Crippen LogP contribution is 2.64. The molecule has 5 atom stereocenters. The number of nitrogens with zero attached hydrogens (tertiary/aromatic N) is 1. The van der Waals surface area contributed by atoms with Gasteiger partial charge in [-0.15, -0.1) is 0 Å². The van der Waals surface area contributed by atoms with E-state index in [1.165, 1.54) is 38.8 Å². The molecule has 2 heteroatoms. The fraction of sp³-hybridized carbons (Fsp3) is 1.00. The Balaban J connectivity index is 1.80. The molecule has 1 heterocycles. The Morgan fingerprint density at radius 3 is 2.52 bits per heavy atom. The van der Waals surface area contributed by atoms with Gasteiger partial charge in [0.2, 0.25) is 0 Å². The lowest BCUT2D eigenvalue weighted by Crippen LogP contribution is -2.64. The molecule has 0 radical (unpaired) electrons. The lowest BCUT2D eigenvalue weighted by atomic mass is 9.67. The van der Waals surface area contributed by atoms with E-state index in [-0.39, 0.29) is 0 Å². The molecule has 0 aromatic carbocycles. The Morgan fingerprint density at radius 1 is 1.24 bits per heavy atom. The van der Waals surface area contributed by atoms with Crippen LogP contribution in [0.2, 0.25) is 0 Å². The zero-order valence-electron chi connectivity index (χ0n) is 15.1. The van der Waals surface area contributed by atoms with Gasteiger partial charge in [0.05, 0.1) is 0 Å². The third-order valence-electron chi connectivity index (χ3n) is 6.98. The fourth-order valence-corrected chi connectivity index (χ4v) is 6.14. The topological polar surface area (TPSA) is 15.3 Å². The van der Waals surface area contributed by atoms with Gasteiger partial charge in [-0.05, 0) is 55.3 Å². The summed E-state index contributed by atoms with van der Waals surface area (Å²) >= 11 is 0. The third-order valence-corrected chi connectivity index (χ3v) is 6.98. The minimum Gasteiger partial charge on any atom is -0.311 e. The van der Waals surface area contributed by atoms with Gasteiger partial charge in [-0.2, -0.15) is 0 Å². The first-order valence-electron chi connectivity index (χ1n) is 9.23. The SMILES string of the molecule is CC(C)CC1CN(C2C3(C)CCC(C3)C2(C)C)C(C)CN1. The molecule has 1 N–H and O–H groups in total. The summed E-state index contributed by atoms with van der Waals surface area (Å²) < 4.78 is 0. The molecule has 21 heavy (non-hydrogen) atoms. The van der Waals surface area contributed by atoms with Gasteiger partial charge in [-0.25, -0.2) is 0 Å². The zero-order valence-corrected chi connectivity index (χ0v) is 15.1. The minimum absolute atomic E-state index is 0.501. The van der Waals surface area contributed by atoms with E-state index in [2.05, 4.69) is 51.8 Å². The molecule has 2 bridgehead atoms. The highest BCUT2D eigenvalue weighted by Gasteiger charge is 2.61. The fourth-order valence-electron chi connectivity index (χ4n) is 6.14. The van der Waals surface area contributed by atoms with E-state index in [1.54, 1.807) is 0 Å². The quantitative estimate of drug-likeness (QED) is 0.848. The molecule has 3 aliphatic rings. The molecule has 122 valence electrons.